The molecule has 1 aliphatic heterocycles. The third-order valence-electron chi connectivity index (χ3n) is 3.80. The van der Waals surface area contributed by atoms with Gasteiger partial charge in [-0.25, -0.2) is 0 Å². The maximum Gasteiger partial charge on any atom is 0.249 e. The Morgan fingerprint density at radius 1 is 1.14 bits per heavy atom. The molecule has 6 nitrogen and oxygen atoms in total. The lowest BCUT2D eigenvalue weighted by atomic mass is 10.2. The number of anilines is 3. The van der Waals surface area contributed by atoms with Gasteiger partial charge in [-0.1, -0.05) is 18.9 Å². The van der Waals surface area contributed by atoms with E-state index in [-0.39, 0.29) is 0 Å². The minimum atomic E-state index is 0.509. The second-order valence-corrected chi connectivity index (χ2v) is 5.40. The number of hydrogen-bond donors (Lipinski definition) is 1. The smallest absolute Gasteiger partial charge is 0.249 e. The molecule has 1 N–H and O–H groups in total. The van der Waals surface area contributed by atoms with E-state index in [1.165, 1.54) is 25.7 Å². The number of rotatable bonds is 4. The lowest BCUT2D eigenvalue weighted by Gasteiger charge is -2.20. The van der Waals surface area contributed by atoms with Gasteiger partial charge in [0.05, 0.1) is 13.3 Å². The molecule has 22 heavy (non-hydrogen) atoms. The van der Waals surface area contributed by atoms with E-state index >= 15 is 0 Å². The van der Waals surface area contributed by atoms with Gasteiger partial charge in [-0.15, -0.1) is 5.10 Å². The van der Waals surface area contributed by atoms with E-state index in [0.717, 1.165) is 30.3 Å². The van der Waals surface area contributed by atoms with Crippen LogP contribution in [0.3, 0.4) is 0 Å². The van der Waals surface area contributed by atoms with Crippen LogP contribution in [0.4, 0.5) is 17.5 Å². The Morgan fingerprint density at radius 3 is 2.73 bits per heavy atom. The minimum absolute atomic E-state index is 0.509. The Balaban J connectivity index is 1.75. The summed E-state index contributed by atoms with van der Waals surface area (Å²) in [7, 11) is 1.65. The zero-order valence-electron chi connectivity index (χ0n) is 12.8. The molecule has 0 unspecified atom stereocenters. The molecule has 0 bridgehead atoms. The van der Waals surface area contributed by atoms with Crippen LogP contribution in [-0.4, -0.2) is 35.4 Å². The third-order valence-corrected chi connectivity index (χ3v) is 3.80. The number of ether oxygens (including phenoxy) is 1. The second kappa shape index (κ2) is 7.06. The number of benzene rings is 1. The van der Waals surface area contributed by atoms with Gasteiger partial charge in [0.2, 0.25) is 5.95 Å². The van der Waals surface area contributed by atoms with Crippen LogP contribution in [0.25, 0.3) is 0 Å². The SMILES string of the molecule is COc1cccc(Nc2nncc(N3CCCCCC3)n2)c1. The van der Waals surface area contributed by atoms with Crippen LogP contribution in [0.15, 0.2) is 30.5 Å². The predicted octanol–water partition coefficient (Wildman–Crippen LogP) is 3.00. The number of methoxy groups -OCH3 is 1. The van der Waals surface area contributed by atoms with Crippen molar-refractivity contribution in [3.05, 3.63) is 30.5 Å². The van der Waals surface area contributed by atoms with E-state index in [2.05, 4.69) is 25.4 Å². The fourth-order valence-electron chi connectivity index (χ4n) is 2.63. The summed E-state index contributed by atoms with van der Waals surface area (Å²) in [5.74, 6) is 2.19. The van der Waals surface area contributed by atoms with Crippen LogP contribution in [0.1, 0.15) is 25.7 Å². The van der Waals surface area contributed by atoms with Crippen LogP contribution >= 0.6 is 0 Å². The molecule has 1 aromatic heterocycles. The van der Waals surface area contributed by atoms with Gasteiger partial charge in [0, 0.05) is 24.8 Å². The van der Waals surface area contributed by atoms with Crippen LogP contribution in [-0.2, 0) is 0 Å². The van der Waals surface area contributed by atoms with Crippen LogP contribution in [0, 0.1) is 0 Å². The van der Waals surface area contributed by atoms with Gasteiger partial charge in [-0.05, 0) is 25.0 Å². The molecule has 0 spiro atoms. The van der Waals surface area contributed by atoms with Crippen molar-refractivity contribution >= 4 is 17.5 Å². The Morgan fingerprint density at radius 2 is 1.95 bits per heavy atom. The number of nitrogens with one attached hydrogen (secondary N) is 1. The predicted molar refractivity (Wildman–Crippen MR) is 86.8 cm³/mol. The molecular weight excluding hydrogens is 278 g/mol. The van der Waals surface area contributed by atoms with Crippen molar-refractivity contribution in [1.29, 1.82) is 0 Å². The van der Waals surface area contributed by atoms with Crippen molar-refractivity contribution in [3.63, 3.8) is 0 Å². The first-order valence-corrected chi connectivity index (χ1v) is 7.71. The Bertz CT molecular complexity index is 611. The monoisotopic (exact) mass is 299 g/mol. The second-order valence-electron chi connectivity index (χ2n) is 5.40. The van der Waals surface area contributed by atoms with E-state index in [4.69, 9.17) is 4.74 Å². The fourth-order valence-corrected chi connectivity index (χ4v) is 2.63. The molecule has 1 fully saturated rings. The summed E-state index contributed by atoms with van der Waals surface area (Å²) in [4.78, 5) is 6.88. The molecule has 2 heterocycles. The molecule has 1 aliphatic rings. The zero-order valence-corrected chi connectivity index (χ0v) is 12.8. The summed E-state index contributed by atoms with van der Waals surface area (Å²) in [5.41, 5.74) is 0.883. The summed E-state index contributed by atoms with van der Waals surface area (Å²) in [6.45, 7) is 2.08. The first kappa shape index (κ1) is 14.6. The largest absolute Gasteiger partial charge is 0.497 e. The lowest BCUT2D eigenvalue weighted by Crippen LogP contribution is -2.25. The van der Waals surface area contributed by atoms with Gasteiger partial charge < -0.3 is 15.0 Å². The summed E-state index contributed by atoms with van der Waals surface area (Å²) in [6, 6.07) is 7.68. The van der Waals surface area contributed by atoms with Crippen LogP contribution < -0.4 is 15.0 Å². The highest BCUT2D eigenvalue weighted by atomic mass is 16.5. The minimum Gasteiger partial charge on any atom is -0.497 e. The quantitative estimate of drug-likeness (QED) is 0.936. The molecule has 2 aromatic rings. The molecule has 0 atom stereocenters. The van der Waals surface area contributed by atoms with Crippen molar-refractivity contribution in [2.24, 2.45) is 0 Å². The third kappa shape index (κ3) is 3.63. The van der Waals surface area contributed by atoms with E-state index in [1.54, 1.807) is 13.3 Å². The molecule has 0 radical (unpaired) electrons. The number of nitrogens with zero attached hydrogens (tertiary/aromatic N) is 4. The summed E-state index contributed by atoms with van der Waals surface area (Å²) >= 11 is 0. The molecule has 0 amide bonds. The molecular formula is C16H21N5O. The topological polar surface area (TPSA) is 63.2 Å². The number of aromatic nitrogens is 3. The average Bonchev–Trinajstić information content (AvgIpc) is 2.84. The van der Waals surface area contributed by atoms with Crippen molar-refractivity contribution < 1.29 is 4.74 Å². The van der Waals surface area contributed by atoms with E-state index in [1.807, 2.05) is 24.3 Å². The summed E-state index contributed by atoms with van der Waals surface area (Å²) in [5, 5.41) is 11.3. The van der Waals surface area contributed by atoms with Crippen molar-refractivity contribution in [2.75, 3.05) is 30.4 Å². The van der Waals surface area contributed by atoms with Gasteiger partial charge in [0.25, 0.3) is 0 Å². The highest BCUT2D eigenvalue weighted by Crippen LogP contribution is 2.21. The van der Waals surface area contributed by atoms with Gasteiger partial charge in [-0.3, -0.25) is 0 Å². The first-order valence-electron chi connectivity index (χ1n) is 7.71. The Kier molecular flexibility index (Phi) is 4.68. The van der Waals surface area contributed by atoms with Gasteiger partial charge in [-0.2, -0.15) is 10.1 Å². The summed E-state index contributed by atoms with van der Waals surface area (Å²) in [6.07, 6.45) is 6.75. The molecule has 1 saturated heterocycles. The number of hydrogen-bond acceptors (Lipinski definition) is 6. The maximum atomic E-state index is 5.22. The van der Waals surface area contributed by atoms with Gasteiger partial charge >= 0.3 is 0 Å². The van der Waals surface area contributed by atoms with Crippen molar-refractivity contribution in [1.82, 2.24) is 15.2 Å². The zero-order chi connectivity index (χ0) is 15.2. The normalized spacial score (nSPS) is 15.2. The Labute approximate surface area is 130 Å². The fraction of sp³-hybridized carbons (Fsp3) is 0.438. The molecule has 3 rings (SSSR count). The van der Waals surface area contributed by atoms with Crippen LogP contribution in [0.5, 0.6) is 5.75 Å². The molecule has 0 aliphatic carbocycles. The average molecular weight is 299 g/mol. The van der Waals surface area contributed by atoms with Crippen molar-refractivity contribution in [3.8, 4) is 5.75 Å². The maximum absolute atomic E-state index is 5.22. The Hall–Kier alpha value is -2.37. The summed E-state index contributed by atoms with van der Waals surface area (Å²) < 4.78 is 5.22. The van der Waals surface area contributed by atoms with E-state index < -0.39 is 0 Å². The standard InChI is InChI=1S/C16H21N5O/c1-22-14-8-6-7-13(11-14)18-16-19-15(12-17-20-16)21-9-4-2-3-5-10-21/h6-8,11-12H,2-5,9-10H2,1H3,(H,18,19,20). The van der Waals surface area contributed by atoms with Gasteiger partial charge in [0.1, 0.15) is 5.75 Å². The van der Waals surface area contributed by atoms with Gasteiger partial charge in [0.15, 0.2) is 5.82 Å². The van der Waals surface area contributed by atoms with E-state index in [0.29, 0.717) is 5.95 Å². The van der Waals surface area contributed by atoms with E-state index in [9.17, 15) is 0 Å². The van der Waals surface area contributed by atoms with Crippen LogP contribution in [0.2, 0.25) is 0 Å². The molecule has 116 valence electrons. The highest BCUT2D eigenvalue weighted by molar-refractivity contribution is 5.56. The lowest BCUT2D eigenvalue weighted by molar-refractivity contribution is 0.415. The van der Waals surface area contributed by atoms with Crippen molar-refractivity contribution in [2.45, 2.75) is 25.7 Å². The molecule has 6 heteroatoms. The first-order chi connectivity index (χ1) is 10.8. The highest BCUT2D eigenvalue weighted by Gasteiger charge is 2.12. The molecule has 1 aromatic carbocycles. The molecule has 0 saturated carbocycles.